The Morgan fingerprint density at radius 2 is 2.12 bits per heavy atom. The van der Waals surface area contributed by atoms with Gasteiger partial charge in [0.15, 0.2) is 0 Å². The minimum Gasteiger partial charge on any atom is -0.480 e. The molecule has 0 spiro atoms. The first-order chi connectivity index (χ1) is 7.95. The number of carboxylic acid groups (broad SMARTS) is 1. The zero-order valence-corrected chi connectivity index (χ0v) is 10.5. The Labute approximate surface area is 103 Å². The number of carbonyl (C=O) groups excluding carboxylic acids is 1. The molecule has 0 radical (unpaired) electrons. The number of hydrogen-bond donors (Lipinski definition) is 3. The van der Waals surface area contributed by atoms with Gasteiger partial charge in [-0.2, -0.15) is 0 Å². The van der Waals surface area contributed by atoms with E-state index in [1.165, 1.54) is 11.3 Å². The van der Waals surface area contributed by atoms with E-state index in [9.17, 15) is 9.59 Å². The van der Waals surface area contributed by atoms with Crippen LogP contribution in [0.25, 0.3) is 0 Å². The van der Waals surface area contributed by atoms with Crippen molar-refractivity contribution in [2.45, 2.75) is 26.3 Å². The number of aliphatic hydroxyl groups is 1. The van der Waals surface area contributed by atoms with Crippen LogP contribution >= 0.6 is 11.3 Å². The summed E-state index contributed by atoms with van der Waals surface area (Å²) in [5, 5.41) is 20.0. The second-order valence-electron chi connectivity index (χ2n) is 3.70. The Kier molecular flexibility index (Phi) is 4.65. The van der Waals surface area contributed by atoms with Crippen molar-refractivity contribution < 1.29 is 19.8 Å². The first-order valence-electron chi connectivity index (χ1n) is 5.17. The summed E-state index contributed by atoms with van der Waals surface area (Å²) in [6.07, 6.45) is 0.00321. The Bertz CT molecular complexity index is 427. The van der Waals surface area contributed by atoms with Crippen LogP contribution in [0, 0.1) is 13.8 Å². The number of rotatable bonds is 5. The molecule has 0 aliphatic heterocycles. The van der Waals surface area contributed by atoms with Gasteiger partial charge in [-0.05, 0) is 19.9 Å². The lowest BCUT2D eigenvalue weighted by Crippen LogP contribution is -2.41. The van der Waals surface area contributed by atoms with Gasteiger partial charge < -0.3 is 15.5 Å². The molecule has 1 rings (SSSR count). The van der Waals surface area contributed by atoms with E-state index in [1.54, 1.807) is 6.07 Å². The van der Waals surface area contributed by atoms with Gasteiger partial charge in [-0.3, -0.25) is 4.79 Å². The Hall–Kier alpha value is -1.40. The molecule has 1 heterocycles. The molecular formula is C11H15NO4S. The zero-order valence-electron chi connectivity index (χ0n) is 9.69. The van der Waals surface area contributed by atoms with E-state index in [1.807, 2.05) is 13.8 Å². The lowest BCUT2D eigenvalue weighted by atomic mass is 10.2. The van der Waals surface area contributed by atoms with Crippen molar-refractivity contribution >= 4 is 23.2 Å². The number of carboxylic acids is 1. The van der Waals surface area contributed by atoms with Gasteiger partial charge in [0.25, 0.3) is 5.91 Å². The van der Waals surface area contributed by atoms with Crippen LogP contribution < -0.4 is 5.32 Å². The molecule has 0 bridgehead atoms. The molecule has 5 nitrogen and oxygen atoms in total. The van der Waals surface area contributed by atoms with Gasteiger partial charge in [-0.1, -0.05) is 0 Å². The van der Waals surface area contributed by atoms with E-state index in [0.717, 1.165) is 9.75 Å². The summed E-state index contributed by atoms with van der Waals surface area (Å²) in [6.45, 7) is 3.42. The monoisotopic (exact) mass is 257 g/mol. The molecule has 0 unspecified atom stereocenters. The summed E-state index contributed by atoms with van der Waals surface area (Å²) in [4.78, 5) is 24.5. The molecule has 0 aliphatic rings. The van der Waals surface area contributed by atoms with Crippen LogP contribution in [0.2, 0.25) is 0 Å². The van der Waals surface area contributed by atoms with E-state index in [2.05, 4.69) is 5.32 Å². The highest BCUT2D eigenvalue weighted by molar-refractivity contribution is 7.12. The normalized spacial score (nSPS) is 12.2. The van der Waals surface area contributed by atoms with Crippen molar-refractivity contribution in [1.82, 2.24) is 5.32 Å². The number of aliphatic carboxylic acids is 1. The number of aliphatic hydroxyl groups excluding tert-OH is 1. The third-order valence-electron chi connectivity index (χ3n) is 2.31. The largest absolute Gasteiger partial charge is 0.480 e. The molecule has 1 amide bonds. The molecule has 6 heteroatoms. The molecular weight excluding hydrogens is 242 g/mol. The van der Waals surface area contributed by atoms with Gasteiger partial charge in [-0.25, -0.2) is 4.79 Å². The molecule has 3 N–H and O–H groups in total. The van der Waals surface area contributed by atoms with Crippen molar-refractivity contribution in [3.05, 3.63) is 21.4 Å². The summed E-state index contributed by atoms with van der Waals surface area (Å²) < 4.78 is 0. The lowest BCUT2D eigenvalue weighted by Gasteiger charge is -2.12. The Balaban J connectivity index is 2.77. The molecule has 0 saturated heterocycles. The number of nitrogens with one attached hydrogen (secondary N) is 1. The van der Waals surface area contributed by atoms with Crippen LogP contribution in [0.1, 0.15) is 26.5 Å². The van der Waals surface area contributed by atoms with Crippen LogP contribution in [-0.4, -0.2) is 34.7 Å². The van der Waals surface area contributed by atoms with E-state index in [0.29, 0.717) is 5.56 Å². The maximum Gasteiger partial charge on any atom is 0.326 e. The maximum atomic E-state index is 11.8. The number of hydrogen-bond acceptors (Lipinski definition) is 4. The van der Waals surface area contributed by atoms with E-state index < -0.39 is 17.9 Å². The summed E-state index contributed by atoms with van der Waals surface area (Å²) in [5.74, 6) is -1.55. The minimum atomic E-state index is -1.14. The maximum absolute atomic E-state index is 11.8. The van der Waals surface area contributed by atoms with E-state index >= 15 is 0 Å². The molecule has 0 saturated carbocycles. The molecule has 1 aromatic rings. The zero-order chi connectivity index (χ0) is 13.0. The quantitative estimate of drug-likeness (QED) is 0.732. The van der Waals surface area contributed by atoms with Crippen LogP contribution in [0.4, 0.5) is 0 Å². The lowest BCUT2D eigenvalue weighted by molar-refractivity contribution is -0.139. The third-order valence-corrected chi connectivity index (χ3v) is 3.27. The molecule has 0 fully saturated rings. The van der Waals surface area contributed by atoms with Crippen LogP contribution in [-0.2, 0) is 4.79 Å². The number of amides is 1. The first-order valence-corrected chi connectivity index (χ1v) is 5.99. The van der Waals surface area contributed by atoms with E-state index in [-0.39, 0.29) is 13.0 Å². The molecule has 0 aromatic carbocycles. The molecule has 1 aromatic heterocycles. The highest BCUT2D eigenvalue weighted by Crippen LogP contribution is 2.20. The van der Waals surface area contributed by atoms with Gasteiger partial charge in [-0.15, -0.1) is 11.3 Å². The molecule has 0 aliphatic carbocycles. The van der Waals surface area contributed by atoms with Gasteiger partial charge in [0.05, 0.1) is 5.56 Å². The summed E-state index contributed by atoms with van der Waals surface area (Å²) in [5.41, 5.74) is 0.497. The highest BCUT2D eigenvalue weighted by Gasteiger charge is 2.21. The molecule has 94 valence electrons. The Morgan fingerprint density at radius 3 is 2.53 bits per heavy atom. The van der Waals surface area contributed by atoms with Crippen molar-refractivity contribution in [1.29, 1.82) is 0 Å². The topological polar surface area (TPSA) is 86.6 Å². The molecule has 1 atom stereocenters. The smallest absolute Gasteiger partial charge is 0.326 e. The standard InChI is InChI=1S/C11H15NO4S/c1-6-5-8(7(2)17-6)10(14)12-9(3-4-13)11(15)16/h5,9,13H,3-4H2,1-2H3,(H,12,14)(H,15,16)/t9-/m1/s1. The SMILES string of the molecule is Cc1cc(C(=O)N[C@H](CCO)C(=O)O)c(C)s1. The fraction of sp³-hybridized carbons (Fsp3) is 0.455. The van der Waals surface area contributed by atoms with Crippen LogP contribution in [0.15, 0.2) is 6.07 Å². The van der Waals surface area contributed by atoms with Gasteiger partial charge in [0.1, 0.15) is 6.04 Å². The van der Waals surface area contributed by atoms with Crippen molar-refractivity contribution in [2.75, 3.05) is 6.61 Å². The first kappa shape index (κ1) is 13.7. The van der Waals surface area contributed by atoms with Crippen LogP contribution in [0.5, 0.6) is 0 Å². The van der Waals surface area contributed by atoms with Gasteiger partial charge >= 0.3 is 5.97 Å². The van der Waals surface area contributed by atoms with Crippen molar-refractivity contribution in [3.63, 3.8) is 0 Å². The number of thiophene rings is 1. The minimum absolute atomic E-state index is 0.00321. The second kappa shape index (κ2) is 5.79. The second-order valence-corrected chi connectivity index (χ2v) is 5.16. The number of carbonyl (C=O) groups is 2. The third kappa shape index (κ3) is 3.54. The predicted molar refractivity (Wildman–Crippen MR) is 64.4 cm³/mol. The summed E-state index contributed by atoms with van der Waals surface area (Å²) in [7, 11) is 0. The average Bonchev–Trinajstić information content (AvgIpc) is 2.57. The fourth-order valence-corrected chi connectivity index (χ4v) is 2.40. The number of aryl methyl sites for hydroxylation is 2. The van der Waals surface area contributed by atoms with E-state index in [4.69, 9.17) is 10.2 Å². The van der Waals surface area contributed by atoms with Crippen molar-refractivity contribution in [2.24, 2.45) is 0 Å². The summed E-state index contributed by atoms with van der Waals surface area (Å²) in [6, 6.07) is 0.680. The average molecular weight is 257 g/mol. The van der Waals surface area contributed by atoms with Crippen LogP contribution in [0.3, 0.4) is 0 Å². The highest BCUT2D eigenvalue weighted by atomic mass is 32.1. The Morgan fingerprint density at radius 1 is 1.47 bits per heavy atom. The molecule has 17 heavy (non-hydrogen) atoms. The van der Waals surface area contributed by atoms with Gasteiger partial charge in [0.2, 0.25) is 0 Å². The van der Waals surface area contributed by atoms with Gasteiger partial charge in [0, 0.05) is 22.8 Å². The van der Waals surface area contributed by atoms with Crippen molar-refractivity contribution in [3.8, 4) is 0 Å². The fourth-order valence-electron chi connectivity index (χ4n) is 1.48. The predicted octanol–water partition coefficient (Wildman–Crippen LogP) is 0.930. The summed E-state index contributed by atoms with van der Waals surface area (Å²) >= 11 is 1.49.